The first kappa shape index (κ1) is 16.8. The average Bonchev–Trinajstić information content (AvgIpc) is 3.14. The van der Waals surface area contributed by atoms with Crippen LogP contribution in [0.15, 0.2) is 24.3 Å². The van der Waals surface area contributed by atoms with Crippen molar-refractivity contribution in [1.29, 1.82) is 0 Å². The number of methoxy groups -OCH3 is 1. The van der Waals surface area contributed by atoms with Gasteiger partial charge in [0, 0.05) is 30.0 Å². The molecule has 0 saturated heterocycles. The van der Waals surface area contributed by atoms with Gasteiger partial charge in [0.15, 0.2) is 23.0 Å². The van der Waals surface area contributed by atoms with E-state index >= 15 is 0 Å². The zero-order valence-corrected chi connectivity index (χ0v) is 16.4. The minimum atomic E-state index is 0. The lowest BCUT2D eigenvalue weighted by Gasteiger charge is -2.41. The van der Waals surface area contributed by atoms with Crippen molar-refractivity contribution in [3.05, 3.63) is 41.0 Å². The first-order valence-corrected chi connectivity index (χ1v) is 8.28. The van der Waals surface area contributed by atoms with E-state index in [0.717, 1.165) is 35.4 Å². The maximum absolute atomic E-state index is 10.3. The van der Waals surface area contributed by atoms with E-state index in [1.54, 1.807) is 7.11 Å². The standard InChI is InChI=1S/C19H19NO4.HI/c1-20-4-3-11-6-17(22-2)16(21)8-13(11)15(20)5-12-7-18-19(9-14(12)20)24-10-23-18;/h6-9,15H,3-5,10H2,1-2H3;1H/t15-,20-;/m0./s1. The fourth-order valence-corrected chi connectivity index (χ4v) is 4.55. The molecule has 3 aliphatic heterocycles. The Morgan fingerprint density at radius 3 is 2.64 bits per heavy atom. The number of likely N-dealkylation sites (N-methyl/N-ethyl adjacent to an activating group) is 1. The average molecular weight is 453 g/mol. The van der Waals surface area contributed by atoms with Gasteiger partial charge in [-0.2, -0.15) is 0 Å². The molecule has 0 aromatic heterocycles. The molecule has 2 aromatic rings. The summed E-state index contributed by atoms with van der Waals surface area (Å²) in [7, 11) is 3.88. The molecule has 2 aromatic carbocycles. The summed E-state index contributed by atoms with van der Waals surface area (Å²) in [4.78, 5) is 0. The van der Waals surface area contributed by atoms with Crippen molar-refractivity contribution in [2.24, 2.45) is 0 Å². The number of aromatic hydroxyl groups is 1. The third-order valence-electron chi connectivity index (χ3n) is 5.87. The van der Waals surface area contributed by atoms with Gasteiger partial charge in [0.1, 0.15) is 11.7 Å². The van der Waals surface area contributed by atoms with Gasteiger partial charge in [-0.15, -0.1) is 0 Å². The molecule has 3 heterocycles. The molecule has 2 atom stereocenters. The van der Waals surface area contributed by atoms with Crippen LogP contribution in [-0.4, -0.2) is 32.6 Å². The van der Waals surface area contributed by atoms with E-state index < -0.39 is 0 Å². The van der Waals surface area contributed by atoms with Crippen molar-refractivity contribution in [2.45, 2.75) is 18.9 Å². The molecule has 6 heteroatoms. The lowest BCUT2D eigenvalue weighted by Crippen LogP contribution is -3.00. The lowest BCUT2D eigenvalue weighted by molar-refractivity contribution is -0.00000756. The highest BCUT2D eigenvalue weighted by molar-refractivity contribution is 5.66. The molecule has 0 aliphatic carbocycles. The van der Waals surface area contributed by atoms with Crippen LogP contribution >= 0.6 is 0 Å². The number of halogens is 1. The summed E-state index contributed by atoms with van der Waals surface area (Å²) in [5, 5.41) is 10.3. The SMILES string of the molecule is COc1cc2c(cc1O)[C@@H]1Cc3cc4c(cc3[N@+]1(C)CC2)OCO4.[I-]. The van der Waals surface area contributed by atoms with E-state index in [9.17, 15) is 5.11 Å². The maximum atomic E-state index is 10.3. The second-order valence-electron chi connectivity index (χ2n) is 7.02. The Balaban J connectivity index is 0.00000157. The largest absolute Gasteiger partial charge is 1.00 e. The number of phenolic OH excluding ortho intramolecular Hbond substituents is 1. The second-order valence-corrected chi connectivity index (χ2v) is 7.02. The Labute approximate surface area is 163 Å². The van der Waals surface area contributed by atoms with E-state index in [1.807, 2.05) is 12.1 Å². The number of nitrogens with zero attached hydrogens (tertiary/aromatic N) is 1. The van der Waals surface area contributed by atoms with Crippen LogP contribution in [0.4, 0.5) is 5.69 Å². The summed E-state index contributed by atoms with van der Waals surface area (Å²) in [5.74, 6) is 2.46. The van der Waals surface area contributed by atoms with Crippen LogP contribution in [0.1, 0.15) is 22.7 Å². The molecule has 5 nitrogen and oxygen atoms in total. The molecule has 0 radical (unpaired) electrons. The van der Waals surface area contributed by atoms with Gasteiger partial charge < -0.3 is 43.3 Å². The van der Waals surface area contributed by atoms with Gasteiger partial charge in [-0.05, 0) is 23.8 Å². The number of phenols is 1. The van der Waals surface area contributed by atoms with E-state index in [4.69, 9.17) is 14.2 Å². The third kappa shape index (κ3) is 2.23. The molecule has 3 aliphatic rings. The van der Waals surface area contributed by atoms with Crippen molar-refractivity contribution in [3.63, 3.8) is 0 Å². The van der Waals surface area contributed by atoms with Crippen LogP contribution in [0.3, 0.4) is 0 Å². The molecule has 25 heavy (non-hydrogen) atoms. The summed E-state index contributed by atoms with van der Waals surface area (Å²) in [6, 6.07) is 8.46. The number of benzene rings is 2. The molecule has 1 N–H and O–H groups in total. The van der Waals surface area contributed by atoms with Gasteiger partial charge in [-0.25, -0.2) is 0 Å². The van der Waals surface area contributed by atoms with Crippen LogP contribution in [0.2, 0.25) is 0 Å². The predicted octanol–water partition coefficient (Wildman–Crippen LogP) is -0.0759. The first-order chi connectivity index (χ1) is 11.6. The smallest absolute Gasteiger partial charge is 0.231 e. The summed E-state index contributed by atoms with van der Waals surface area (Å²) in [6.07, 6.45) is 1.91. The lowest BCUT2D eigenvalue weighted by atomic mass is 9.90. The summed E-state index contributed by atoms with van der Waals surface area (Å²) in [6.45, 7) is 1.33. The van der Waals surface area contributed by atoms with Crippen molar-refractivity contribution in [3.8, 4) is 23.0 Å². The van der Waals surface area contributed by atoms with E-state index in [0.29, 0.717) is 18.6 Å². The molecule has 0 fully saturated rings. The summed E-state index contributed by atoms with van der Waals surface area (Å²) >= 11 is 0. The van der Waals surface area contributed by atoms with Crippen LogP contribution < -0.4 is 42.7 Å². The zero-order chi connectivity index (χ0) is 16.5. The topological polar surface area (TPSA) is 47.9 Å². The highest BCUT2D eigenvalue weighted by atomic mass is 127. The number of rotatable bonds is 1. The quantitative estimate of drug-likeness (QED) is 0.485. The number of ether oxygens (including phenoxy) is 3. The predicted molar refractivity (Wildman–Crippen MR) is 90.0 cm³/mol. The Morgan fingerprint density at radius 2 is 1.88 bits per heavy atom. The van der Waals surface area contributed by atoms with Crippen LogP contribution in [0, 0.1) is 0 Å². The molecule has 5 rings (SSSR count). The molecule has 0 bridgehead atoms. The monoisotopic (exact) mass is 453 g/mol. The van der Waals surface area contributed by atoms with Crippen LogP contribution in [-0.2, 0) is 12.8 Å². The highest BCUT2D eigenvalue weighted by Crippen LogP contribution is 2.53. The molecule has 0 amide bonds. The number of fused-ring (bicyclic) bond motifs is 6. The molecular formula is C19H20INO4. The van der Waals surface area contributed by atoms with Gasteiger partial charge >= 0.3 is 0 Å². The zero-order valence-electron chi connectivity index (χ0n) is 14.2. The Kier molecular flexibility index (Phi) is 3.81. The van der Waals surface area contributed by atoms with Gasteiger partial charge in [-0.3, -0.25) is 4.48 Å². The number of quaternary nitrogens is 1. The van der Waals surface area contributed by atoms with E-state index in [2.05, 4.69) is 19.2 Å². The van der Waals surface area contributed by atoms with Crippen molar-refractivity contribution in [2.75, 3.05) is 27.5 Å². The van der Waals surface area contributed by atoms with Crippen molar-refractivity contribution < 1.29 is 43.3 Å². The number of hydrogen-bond donors (Lipinski definition) is 1. The molecule has 0 unspecified atom stereocenters. The van der Waals surface area contributed by atoms with Gasteiger partial charge in [0.2, 0.25) is 6.79 Å². The Hall–Kier alpha value is -1.67. The highest BCUT2D eigenvalue weighted by Gasteiger charge is 2.48. The minimum Gasteiger partial charge on any atom is -1.00 e. The number of hydrogen-bond acceptors (Lipinski definition) is 4. The van der Waals surface area contributed by atoms with Gasteiger partial charge in [0.05, 0.1) is 20.7 Å². The molecule has 0 saturated carbocycles. The first-order valence-electron chi connectivity index (χ1n) is 8.28. The fourth-order valence-electron chi connectivity index (χ4n) is 4.55. The van der Waals surface area contributed by atoms with Crippen molar-refractivity contribution >= 4 is 5.69 Å². The van der Waals surface area contributed by atoms with Gasteiger partial charge in [0.25, 0.3) is 0 Å². The summed E-state index contributed by atoms with van der Waals surface area (Å²) < 4.78 is 17.2. The fraction of sp³-hybridized carbons (Fsp3) is 0.368. The van der Waals surface area contributed by atoms with Gasteiger partial charge in [-0.1, -0.05) is 0 Å². The van der Waals surface area contributed by atoms with Crippen LogP contribution in [0.25, 0.3) is 0 Å². The second kappa shape index (κ2) is 5.67. The molecular weight excluding hydrogens is 433 g/mol. The maximum Gasteiger partial charge on any atom is 0.231 e. The normalized spacial score (nSPS) is 24.8. The Morgan fingerprint density at radius 1 is 1.12 bits per heavy atom. The summed E-state index contributed by atoms with van der Waals surface area (Å²) in [5.41, 5.74) is 5.12. The third-order valence-corrected chi connectivity index (χ3v) is 5.87. The Bertz CT molecular complexity index is 869. The molecule has 0 spiro atoms. The van der Waals surface area contributed by atoms with E-state index in [1.165, 1.54) is 22.4 Å². The molecule has 132 valence electrons. The minimum absolute atomic E-state index is 0. The van der Waals surface area contributed by atoms with Crippen molar-refractivity contribution in [1.82, 2.24) is 4.48 Å². The van der Waals surface area contributed by atoms with E-state index in [-0.39, 0.29) is 29.7 Å². The van der Waals surface area contributed by atoms with Crippen LogP contribution in [0.5, 0.6) is 23.0 Å².